The average molecular weight is 446 g/mol. The Balaban J connectivity index is 1.45. The number of amides is 1. The molecule has 1 aromatic heterocycles. The number of carbonyl (C=O) groups excluding carboxylic acids is 2. The molecule has 1 N–H and O–H groups in total. The van der Waals surface area contributed by atoms with Crippen LogP contribution in [0, 0.1) is 0 Å². The van der Waals surface area contributed by atoms with Gasteiger partial charge in [-0.3, -0.25) is 4.79 Å². The normalized spacial score (nSPS) is 12.4. The van der Waals surface area contributed by atoms with Crippen LogP contribution in [0.4, 0.5) is 0 Å². The Morgan fingerprint density at radius 1 is 1.11 bits per heavy atom. The van der Waals surface area contributed by atoms with Crippen molar-refractivity contribution >= 4 is 46.7 Å². The summed E-state index contributed by atoms with van der Waals surface area (Å²) in [5.74, 6) is 0.0724. The minimum atomic E-state index is -0.870. The highest BCUT2D eigenvalue weighted by atomic mass is 35.5. The number of halogens is 3. The minimum Gasteiger partial charge on any atom is -0.486 e. The van der Waals surface area contributed by atoms with Crippen molar-refractivity contribution in [2.24, 2.45) is 0 Å². The van der Waals surface area contributed by atoms with Gasteiger partial charge >= 0.3 is 5.97 Å². The van der Waals surface area contributed by atoms with Gasteiger partial charge in [-0.1, -0.05) is 40.9 Å². The Labute approximate surface area is 175 Å². The van der Waals surface area contributed by atoms with E-state index in [0.717, 1.165) is 5.56 Å². The lowest BCUT2D eigenvalue weighted by molar-refractivity contribution is -0.124. The van der Waals surface area contributed by atoms with Crippen molar-refractivity contribution in [2.75, 3.05) is 26.4 Å². The molecule has 3 rings (SSSR count). The number of pyridine rings is 1. The number of rotatable bonds is 6. The Bertz CT molecular complexity index is 907. The molecule has 0 radical (unpaired) electrons. The Morgan fingerprint density at radius 2 is 1.86 bits per heavy atom. The largest absolute Gasteiger partial charge is 0.486 e. The van der Waals surface area contributed by atoms with E-state index in [1.165, 1.54) is 6.20 Å². The van der Waals surface area contributed by atoms with Gasteiger partial charge in [0, 0.05) is 12.7 Å². The molecule has 0 unspecified atom stereocenters. The van der Waals surface area contributed by atoms with Crippen LogP contribution in [0.25, 0.3) is 0 Å². The summed E-state index contributed by atoms with van der Waals surface area (Å²) in [7, 11) is 0. The first-order valence-corrected chi connectivity index (χ1v) is 9.41. The lowest BCUT2D eigenvalue weighted by atomic mass is 10.1. The molecule has 0 atom stereocenters. The third kappa shape index (κ3) is 4.98. The maximum Gasteiger partial charge on any atom is 0.359 e. The van der Waals surface area contributed by atoms with Gasteiger partial charge in [-0.2, -0.15) is 0 Å². The first-order chi connectivity index (χ1) is 13.5. The summed E-state index contributed by atoms with van der Waals surface area (Å²) < 4.78 is 15.9. The van der Waals surface area contributed by atoms with Crippen LogP contribution in [0.1, 0.15) is 16.1 Å². The van der Waals surface area contributed by atoms with E-state index in [2.05, 4.69) is 10.3 Å². The van der Waals surface area contributed by atoms with Gasteiger partial charge in [0.1, 0.15) is 13.2 Å². The number of hydrogen-bond acceptors (Lipinski definition) is 6. The average Bonchev–Trinajstić information content (AvgIpc) is 2.70. The molecule has 28 heavy (non-hydrogen) atoms. The molecule has 0 bridgehead atoms. The summed E-state index contributed by atoms with van der Waals surface area (Å²) >= 11 is 17.5. The number of nitrogens with one attached hydrogen (secondary N) is 1. The van der Waals surface area contributed by atoms with Crippen LogP contribution in [-0.2, 0) is 16.0 Å². The van der Waals surface area contributed by atoms with E-state index >= 15 is 0 Å². The standard InChI is InChI=1S/C18H15Cl3N2O5/c19-11-8-23-17(16(21)15(11)20)18(25)28-9-14(24)22-4-3-10-1-2-12-13(7-10)27-6-5-26-12/h1-2,7-8H,3-6,9H2,(H,22,24). The van der Waals surface area contributed by atoms with Crippen LogP contribution in [-0.4, -0.2) is 43.2 Å². The number of aromatic nitrogens is 1. The zero-order chi connectivity index (χ0) is 20.1. The summed E-state index contributed by atoms with van der Waals surface area (Å²) in [4.78, 5) is 27.6. The first kappa shape index (κ1) is 20.5. The van der Waals surface area contributed by atoms with E-state index < -0.39 is 18.5 Å². The quantitative estimate of drug-likeness (QED) is 0.686. The fourth-order valence-corrected chi connectivity index (χ4v) is 2.98. The second-order valence-electron chi connectivity index (χ2n) is 5.74. The van der Waals surface area contributed by atoms with Crippen molar-refractivity contribution in [3.8, 4) is 11.5 Å². The summed E-state index contributed by atoms with van der Waals surface area (Å²) in [6.45, 7) is 0.931. The van der Waals surface area contributed by atoms with E-state index in [0.29, 0.717) is 37.7 Å². The molecule has 0 saturated heterocycles. The topological polar surface area (TPSA) is 86.8 Å². The van der Waals surface area contributed by atoms with Crippen molar-refractivity contribution in [1.29, 1.82) is 0 Å². The number of carbonyl (C=O) groups is 2. The summed E-state index contributed by atoms with van der Waals surface area (Å²) in [5, 5.41) is 2.64. The van der Waals surface area contributed by atoms with Gasteiger partial charge in [0.15, 0.2) is 23.8 Å². The third-order valence-electron chi connectivity index (χ3n) is 3.79. The predicted molar refractivity (Wildman–Crippen MR) is 104 cm³/mol. The van der Waals surface area contributed by atoms with Gasteiger partial charge in [0.2, 0.25) is 0 Å². The maximum absolute atomic E-state index is 12.0. The van der Waals surface area contributed by atoms with Crippen LogP contribution in [0.15, 0.2) is 24.4 Å². The van der Waals surface area contributed by atoms with Gasteiger partial charge in [-0.05, 0) is 24.1 Å². The number of benzene rings is 1. The zero-order valence-corrected chi connectivity index (χ0v) is 16.7. The highest BCUT2D eigenvalue weighted by Gasteiger charge is 2.19. The molecule has 1 aliphatic rings. The van der Waals surface area contributed by atoms with E-state index in [4.69, 9.17) is 49.0 Å². The summed E-state index contributed by atoms with van der Waals surface area (Å²) in [6.07, 6.45) is 1.76. The zero-order valence-electron chi connectivity index (χ0n) is 14.5. The van der Waals surface area contributed by atoms with Gasteiger partial charge in [0.05, 0.1) is 15.1 Å². The highest BCUT2D eigenvalue weighted by molar-refractivity contribution is 6.48. The Kier molecular flexibility index (Phi) is 6.83. The molecule has 148 valence electrons. The molecule has 1 aliphatic heterocycles. The van der Waals surface area contributed by atoms with E-state index in [1.807, 2.05) is 18.2 Å². The van der Waals surface area contributed by atoms with Gasteiger partial charge in [-0.15, -0.1) is 0 Å². The Hall–Kier alpha value is -2.22. The molecular weight excluding hydrogens is 431 g/mol. The summed E-state index contributed by atoms with van der Waals surface area (Å²) in [6, 6.07) is 5.61. The fourth-order valence-electron chi connectivity index (χ4n) is 2.43. The van der Waals surface area contributed by atoms with Crippen molar-refractivity contribution in [1.82, 2.24) is 10.3 Å². The van der Waals surface area contributed by atoms with Crippen molar-refractivity contribution < 1.29 is 23.8 Å². The molecular formula is C18H15Cl3N2O5. The van der Waals surface area contributed by atoms with Crippen LogP contribution < -0.4 is 14.8 Å². The van der Waals surface area contributed by atoms with Gasteiger partial charge in [0.25, 0.3) is 5.91 Å². The molecule has 2 aromatic rings. The lowest BCUT2D eigenvalue weighted by Gasteiger charge is -2.18. The molecule has 0 spiro atoms. The molecule has 10 heteroatoms. The van der Waals surface area contributed by atoms with Crippen molar-refractivity contribution in [3.05, 3.63) is 50.7 Å². The smallest absolute Gasteiger partial charge is 0.359 e. The number of hydrogen-bond donors (Lipinski definition) is 1. The van der Waals surface area contributed by atoms with E-state index in [9.17, 15) is 9.59 Å². The second kappa shape index (κ2) is 9.32. The van der Waals surface area contributed by atoms with Crippen molar-refractivity contribution in [2.45, 2.75) is 6.42 Å². The molecule has 7 nitrogen and oxygen atoms in total. The Morgan fingerprint density at radius 3 is 2.64 bits per heavy atom. The molecule has 0 fully saturated rings. The second-order valence-corrected chi connectivity index (χ2v) is 6.90. The van der Waals surface area contributed by atoms with Crippen LogP contribution in [0.3, 0.4) is 0 Å². The molecule has 1 amide bonds. The number of fused-ring (bicyclic) bond motifs is 1. The van der Waals surface area contributed by atoms with Crippen LogP contribution in [0.5, 0.6) is 11.5 Å². The van der Waals surface area contributed by atoms with Gasteiger partial charge in [-0.25, -0.2) is 9.78 Å². The van der Waals surface area contributed by atoms with Crippen LogP contribution in [0.2, 0.25) is 15.1 Å². The number of nitrogens with zero attached hydrogens (tertiary/aromatic N) is 1. The molecule has 0 saturated carbocycles. The molecule has 2 heterocycles. The predicted octanol–water partition coefficient (Wildman–Crippen LogP) is 3.33. The van der Waals surface area contributed by atoms with E-state index in [1.54, 1.807) is 0 Å². The monoisotopic (exact) mass is 444 g/mol. The summed E-state index contributed by atoms with van der Waals surface area (Å²) in [5.41, 5.74) is 0.772. The minimum absolute atomic E-state index is 0.00540. The van der Waals surface area contributed by atoms with Crippen molar-refractivity contribution in [3.63, 3.8) is 0 Å². The maximum atomic E-state index is 12.0. The lowest BCUT2D eigenvalue weighted by Crippen LogP contribution is -2.30. The SMILES string of the molecule is O=C(COC(=O)c1ncc(Cl)c(Cl)c1Cl)NCCc1ccc2c(c1)OCCO2. The highest BCUT2D eigenvalue weighted by Crippen LogP contribution is 2.32. The molecule has 1 aromatic carbocycles. The van der Waals surface area contributed by atoms with E-state index in [-0.39, 0.29) is 20.8 Å². The van der Waals surface area contributed by atoms with Gasteiger partial charge < -0.3 is 19.5 Å². The molecule has 0 aliphatic carbocycles. The number of ether oxygens (including phenoxy) is 3. The fraction of sp³-hybridized carbons (Fsp3) is 0.278. The number of esters is 1. The van der Waals surface area contributed by atoms with Crippen LogP contribution >= 0.6 is 34.8 Å². The third-order valence-corrected chi connectivity index (χ3v) is 5.03. The first-order valence-electron chi connectivity index (χ1n) is 8.27.